The average molecular weight is 153 g/mol. The summed E-state index contributed by atoms with van der Waals surface area (Å²) in [5, 5.41) is 10.2. The minimum Gasteiger partial charge on any atom is -0.244 e. The van der Waals surface area contributed by atoms with E-state index >= 15 is 0 Å². The van der Waals surface area contributed by atoms with Crippen molar-refractivity contribution in [3.63, 3.8) is 0 Å². The van der Waals surface area contributed by atoms with E-state index in [0.717, 1.165) is 0 Å². The molecule has 0 saturated carbocycles. The van der Waals surface area contributed by atoms with Crippen molar-refractivity contribution >= 4 is 18.0 Å². The first kappa shape index (κ1) is 5.48. The molecule has 6 heteroatoms. The van der Waals surface area contributed by atoms with Crippen molar-refractivity contribution in [2.24, 2.45) is 0 Å². The third kappa shape index (κ3) is 0.695. The highest BCUT2D eigenvalue weighted by Crippen LogP contribution is 1.88. The van der Waals surface area contributed by atoms with Gasteiger partial charge in [-0.25, -0.2) is 5.10 Å². The van der Waals surface area contributed by atoms with Crippen LogP contribution in [0.4, 0.5) is 0 Å². The van der Waals surface area contributed by atoms with E-state index in [0.29, 0.717) is 10.4 Å². The Morgan fingerprint density at radius 1 is 1.60 bits per heavy atom. The van der Waals surface area contributed by atoms with Crippen molar-refractivity contribution in [2.45, 2.75) is 0 Å². The van der Waals surface area contributed by atoms with Gasteiger partial charge in [-0.1, -0.05) is 12.2 Å². The lowest BCUT2D eigenvalue weighted by Gasteiger charge is -1.84. The number of fused-ring (bicyclic) bond motifs is 1. The van der Waals surface area contributed by atoms with E-state index in [9.17, 15) is 0 Å². The van der Waals surface area contributed by atoms with E-state index in [1.807, 2.05) is 0 Å². The van der Waals surface area contributed by atoms with Gasteiger partial charge < -0.3 is 0 Å². The second-order valence-corrected chi connectivity index (χ2v) is 2.14. The molecule has 0 bridgehead atoms. The van der Waals surface area contributed by atoms with Crippen molar-refractivity contribution in [2.75, 3.05) is 0 Å². The van der Waals surface area contributed by atoms with Gasteiger partial charge in [0.05, 0.1) is 6.20 Å². The van der Waals surface area contributed by atoms with Gasteiger partial charge in [0, 0.05) is 0 Å². The van der Waals surface area contributed by atoms with Gasteiger partial charge >= 0.3 is 0 Å². The molecule has 2 rings (SSSR count). The predicted molar refractivity (Wildman–Crippen MR) is 36.0 cm³/mol. The molecular weight excluding hydrogens is 150 g/mol. The Labute approximate surface area is 60.7 Å². The largest absolute Gasteiger partial charge is 0.247 e. The number of aromatic nitrogens is 5. The van der Waals surface area contributed by atoms with Gasteiger partial charge in [-0.05, 0) is 0 Å². The summed E-state index contributed by atoms with van der Waals surface area (Å²) < 4.78 is 1.97. The molecular formula is C4H3N5S. The van der Waals surface area contributed by atoms with Crippen LogP contribution in [-0.4, -0.2) is 24.8 Å². The van der Waals surface area contributed by atoms with Crippen LogP contribution in [0.3, 0.4) is 0 Å². The van der Waals surface area contributed by atoms with Crippen molar-refractivity contribution in [3.05, 3.63) is 17.2 Å². The topological polar surface area (TPSA) is 58.9 Å². The van der Waals surface area contributed by atoms with E-state index < -0.39 is 0 Å². The van der Waals surface area contributed by atoms with Crippen LogP contribution in [0.5, 0.6) is 0 Å². The van der Waals surface area contributed by atoms with Gasteiger partial charge in [0.2, 0.25) is 5.78 Å². The molecule has 0 aliphatic carbocycles. The molecule has 0 aliphatic heterocycles. The Morgan fingerprint density at radius 3 is 3.40 bits per heavy atom. The minimum atomic E-state index is 0.462. The SMILES string of the molecule is S=c1cnn2cn[nH]c2n1. The lowest BCUT2D eigenvalue weighted by atomic mass is 10.9. The molecule has 5 nitrogen and oxygen atoms in total. The Bertz CT molecular complexity index is 401. The van der Waals surface area contributed by atoms with Crippen LogP contribution in [0.2, 0.25) is 0 Å². The van der Waals surface area contributed by atoms with E-state index in [-0.39, 0.29) is 0 Å². The molecule has 50 valence electrons. The van der Waals surface area contributed by atoms with Gasteiger partial charge in [-0.15, -0.1) is 0 Å². The van der Waals surface area contributed by atoms with Gasteiger partial charge in [0.1, 0.15) is 11.0 Å². The number of nitrogens with zero attached hydrogens (tertiary/aromatic N) is 4. The smallest absolute Gasteiger partial charge is 0.244 e. The summed E-state index contributed by atoms with van der Waals surface area (Å²) >= 11 is 4.77. The van der Waals surface area contributed by atoms with Crippen molar-refractivity contribution < 1.29 is 0 Å². The Balaban J connectivity index is 2.99. The normalized spacial score (nSPS) is 10.4. The van der Waals surface area contributed by atoms with Crippen molar-refractivity contribution in [1.82, 2.24) is 24.8 Å². The number of rotatable bonds is 0. The molecule has 1 N–H and O–H groups in total. The molecule has 2 heterocycles. The fraction of sp³-hybridized carbons (Fsp3) is 0. The number of H-pyrrole nitrogens is 1. The summed E-state index contributed by atoms with van der Waals surface area (Å²) in [6.45, 7) is 0. The number of aromatic amines is 1. The van der Waals surface area contributed by atoms with Gasteiger partial charge in [0.15, 0.2) is 0 Å². The summed E-state index contributed by atoms with van der Waals surface area (Å²) in [5.74, 6) is 0.563. The van der Waals surface area contributed by atoms with E-state index in [1.54, 1.807) is 0 Å². The first-order valence-corrected chi connectivity index (χ1v) is 3.02. The Morgan fingerprint density at radius 2 is 2.50 bits per heavy atom. The van der Waals surface area contributed by atoms with Crippen molar-refractivity contribution in [3.8, 4) is 0 Å². The molecule has 0 aromatic carbocycles. The van der Waals surface area contributed by atoms with Crippen LogP contribution in [0.1, 0.15) is 0 Å². The summed E-state index contributed by atoms with van der Waals surface area (Å²) in [6.07, 6.45) is 3.02. The summed E-state index contributed by atoms with van der Waals surface area (Å²) in [4.78, 5) is 3.93. The molecule has 0 amide bonds. The highest BCUT2D eigenvalue weighted by Gasteiger charge is 1.91. The van der Waals surface area contributed by atoms with Gasteiger partial charge in [-0.2, -0.15) is 19.7 Å². The first-order valence-electron chi connectivity index (χ1n) is 2.61. The van der Waals surface area contributed by atoms with E-state index in [4.69, 9.17) is 12.2 Å². The Kier molecular flexibility index (Phi) is 1.01. The molecule has 2 aromatic rings. The molecule has 0 fully saturated rings. The third-order valence-corrected chi connectivity index (χ3v) is 1.25. The summed E-state index contributed by atoms with van der Waals surface area (Å²) in [6, 6.07) is 0. The monoisotopic (exact) mass is 153 g/mol. The van der Waals surface area contributed by atoms with Gasteiger partial charge in [-0.3, -0.25) is 0 Å². The number of hydrogen-bond acceptors (Lipinski definition) is 4. The second kappa shape index (κ2) is 1.84. The maximum atomic E-state index is 4.77. The summed E-state index contributed by atoms with van der Waals surface area (Å²) in [7, 11) is 0. The fourth-order valence-electron chi connectivity index (χ4n) is 0.653. The van der Waals surface area contributed by atoms with Crippen LogP contribution in [-0.2, 0) is 0 Å². The zero-order valence-corrected chi connectivity index (χ0v) is 5.67. The fourth-order valence-corrected chi connectivity index (χ4v) is 0.786. The minimum absolute atomic E-state index is 0.462. The molecule has 0 unspecified atom stereocenters. The first-order chi connectivity index (χ1) is 4.86. The Hall–Kier alpha value is -1.30. The summed E-state index contributed by atoms with van der Waals surface area (Å²) in [5.41, 5.74) is 0. The van der Waals surface area contributed by atoms with Crippen molar-refractivity contribution in [1.29, 1.82) is 0 Å². The van der Waals surface area contributed by atoms with E-state index in [1.165, 1.54) is 17.0 Å². The number of nitrogens with one attached hydrogen (secondary N) is 1. The quantitative estimate of drug-likeness (QED) is 0.548. The molecule has 0 spiro atoms. The molecule has 0 saturated heterocycles. The third-order valence-electron chi connectivity index (χ3n) is 1.06. The maximum absolute atomic E-state index is 4.77. The maximum Gasteiger partial charge on any atom is 0.247 e. The lowest BCUT2D eigenvalue weighted by Crippen LogP contribution is -1.91. The van der Waals surface area contributed by atoms with Gasteiger partial charge in [0.25, 0.3) is 0 Å². The number of hydrogen-bond donors (Lipinski definition) is 1. The molecule has 0 atom stereocenters. The highest BCUT2D eigenvalue weighted by molar-refractivity contribution is 7.71. The second-order valence-electron chi connectivity index (χ2n) is 1.72. The average Bonchev–Trinajstić information content (AvgIpc) is 2.33. The zero-order valence-electron chi connectivity index (χ0n) is 4.85. The molecule has 0 aliphatic rings. The van der Waals surface area contributed by atoms with Crippen LogP contribution in [0.15, 0.2) is 12.5 Å². The molecule has 10 heavy (non-hydrogen) atoms. The van der Waals surface area contributed by atoms with E-state index in [2.05, 4.69) is 20.3 Å². The van der Waals surface area contributed by atoms with Crippen LogP contribution >= 0.6 is 12.2 Å². The highest BCUT2D eigenvalue weighted by atomic mass is 32.1. The van der Waals surface area contributed by atoms with Crippen LogP contribution < -0.4 is 0 Å². The molecule has 2 aromatic heterocycles. The predicted octanol–water partition coefficient (Wildman–Crippen LogP) is 0.182. The van der Waals surface area contributed by atoms with Crippen LogP contribution in [0.25, 0.3) is 5.78 Å². The standard InChI is InChI=1S/C4H3N5S/c10-3-1-6-9-2-5-8-4(9)7-3/h1-2H,(H,7,8,10). The van der Waals surface area contributed by atoms with Crippen LogP contribution in [0, 0.1) is 4.64 Å². The molecule has 0 radical (unpaired) electrons. The zero-order chi connectivity index (χ0) is 6.97. The lowest BCUT2D eigenvalue weighted by molar-refractivity contribution is 0.893.